The molecule has 2 nitrogen and oxygen atoms in total. The number of rotatable bonds is 5. The number of hydrogen-bond acceptors (Lipinski definition) is 2. The van der Waals surface area contributed by atoms with Crippen LogP contribution in [0.15, 0.2) is 0 Å². The molecule has 2 aliphatic rings. The van der Waals surface area contributed by atoms with Crippen LogP contribution in [0, 0.1) is 5.41 Å². The fourth-order valence-electron chi connectivity index (χ4n) is 3.06. The lowest BCUT2D eigenvalue weighted by Gasteiger charge is -2.33. The van der Waals surface area contributed by atoms with Crippen LogP contribution in [0.25, 0.3) is 0 Å². The molecule has 16 heavy (non-hydrogen) atoms. The highest BCUT2D eigenvalue weighted by molar-refractivity contribution is 4.91. The van der Waals surface area contributed by atoms with E-state index in [4.69, 9.17) is 4.74 Å². The number of likely N-dealkylation sites (tertiary alicyclic amines) is 1. The SMILES string of the molecule is FCCCCCN1CC[C@@]2(CCCOC2)C1. The smallest absolute Gasteiger partial charge is 0.0894 e. The Morgan fingerprint density at radius 3 is 2.88 bits per heavy atom. The van der Waals surface area contributed by atoms with Gasteiger partial charge >= 0.3 is 0 Å². The molecule has 0 radical (unpaired) electrons. The van der Waals surface area contributed by atoms with Crippen molar-refractivity contribution in [2.45, 2.75) is 38.5 Å². The van der Waals surface area contributed by atoms with Crippen molar-refractivity contribution in [3.05, 3.63) is 0 Å². The van der Waals surface area contributed by atoms with Gasteiger partial charge in [0, 0.05) is 18.6 Å². The van der Waals surface area contributed by atoms with Crippen molar-refractivity contribution in [3.63, 3.8) is 0 Å². The molecule has 0 aromatic carbocycles. The van der Waals surface area contributed by atoms with Gasteiger partial charge in [0.05, 0.1) is 13.3 Å². The normalized spacial score (nSPS) is 31.3. The van der Waals surface area contributed by atoms with E-state index >= 15 is 0 Å². The quantitative estimate of drug-likeness (QED) is 0.672. The molecule has 0 unspecified atom stereocenters. The Labute approximate surface area is 98.1 Å². The van der Waals surface area contributed by atoms with Crippen LogP contribution in [-0.4, -0.2) is 44.4 Å². The maximum Gasteiger partial charge on any atom is 0.0894 e. The predicted molar refractivity (Wildman–Crippen MR) is 63.4 cm³/mol. The number of nitrogens with zero attached hydrogens (tertiary/aromatic N) is 1. The summed E-state index contributed by atoms with van der Waals surface area (Å²) in [5.41, 5.74) is 0.471. The first-order chi connectivity index (χ1) is 7.85. The summed E-state index contributed by atoms with van der Waals surface area (Å²) in [4.78, 5) is 2.55. The highest BCUT2D eigenvalue weighted by atomic mass is 19.1. The lowest BCUT2D eigenvalue weighted by Crippen LogP contribution is -2.35. The van der Waals surface area contributed by atoms with Gasteiger partial charge in [0.25, 0.3) is 0 Å². The monoisotopic (exact) mass is 229 g/mol. The summed E-state index contributed by atoms with van der Waals surface area (Å²) < 4.78 is 17.6. The molecule has 0 aliphatic carbocycles. The molecule has 2 rings (SSSR count). The minimum atomic E-state index is -0.155. The number of hydrogen-bond donors (Lipinski definition) is 0. The highest BCUT2D eigenvalue weighted by Gasteiger charge is 2.39. The van der Waals surface area contributed by atoms with E-state index in [1.807, 2.05) is 0 Å². The Kier molecular flexibility index (Phi) is 4.59. The van der Waals surface area contributed by atoms with Gasteiger partial charge in [0.15, 0.2) is 0 Å². The van der Waals surface area contributed by atoms with Crippen molar-refractivity contribution in [1.82, 2.24) is 4.90 Å². The lowest BCUT2D eigenvalue weighted by molar-refractivity contribution is -0.00216. The van der Waals surface area contributed by atoms with Gasteiger partial charge in [-0.2, -0.15) is 0 Å². The molecule has 3 heteroatoms. The number of ether oxygens (including phenoxy) is 1. The van der Waals surface area contributed by atoms with Crippen LogP contribution in [-0.2, 0) is 4.74 Å². The summed E-state index contributed by atoms with van der Waals surface area (Å²) in [6.45, 7) is 5.35. The molecule has 94 valence electrons. The van der Waals surface area contributed by atoms with Crippen molar-refractivity contribution in [2.75, 3.05) is 39.5 Å². The molecule has 2 aliphatic heterocycles. The second-order valence-corrected chi connectivity index (χ2v) is 5.43. The van der Waals surface area contributed by atoms with Crippen LogP contribution in [0.1, 0.15) is 38.5 Å². The molecule has 0 amide bonds. The standard InChI is InChI=1S/C13H24FNO/c14-7-2-1-3-8-15-9-6-13(11-15)5-4-10-16-12-13/h1-12H2/t13-/m0/s1. The van der Waals surface area contributed by atoms with Crippen molar-refractivity contribution in [2.24, 2.45) is 5.41 Å². The van der Waals surface area contributed by atoms with Crippen molar-refractivity contribution < 1.29 is 9.13 Å². The molecule has 2 heterocycles. The Balaban J connectivity index is 1.66. The summed E-state index contributed by atoms with van der Waals surface area (Å²) in [7, 11) is 0. The molecule has 1 spiro atoms. The Morgan fingerprint density at radius 1 is 1.19 bits per heavy atom. The molecular formula is C13H24FNO. The van der Waals surface area contributed by atoms with E-state index in [-0.39, 0.29) is 6.67 Å². The molecule has 2 saturated heterocycles. The predicted octanol–water partition coefficient (Wildman–Crippen LogP) is 2.63. The maximum atomic E-state index is 11.9. The molecule has 0 aromatic rings. The van der Waals surface area contributed by atoms with Gasteiger partial charge in [-0.15, -0.1) is 0 Å². The molecule has 1 atom stereocenters. The molecule has 0 aromatic heterocycles. The van der Waals surface area contributed by atoms with Gasteiger partial charge in [-0.05, 0) is 51.6 Å². The first-order valence-corrected chi connectivity index (χ1v) is 6.71. The first-order valence-electron chi connectivity index (χ1n) is 6.71. The van der Waals surface area contributed by atoms with E-state index in [1.165, 1.54) is 32.4 Å². The minimum absolute atomic E-state index is 0.155. The Bertz CT molecular complexity index is 204. The lowest BCUT2D eigenvalue weighted by atomic mass is 9.82. The molecule has 2 fully saturated rings. The zero-order valence-electron chi connectivity index (χ0n) is 10.2. The second kappa shape index (κ2) is 5.97. The molecule has 0 N–H and O–H groups in total. The third-order valence-electron chi connectivity index (χ3n) is 4.03. The largest absolute Gasteiger partial charge is 0.381 e. The number of alkyl halides is 1. The average molecular weight is 229 g/mol. The minimum Gasteiger partial charge on any atom is -0.381 e. The fraction of sp³-hybridized carbons (Fsp3) is 1.00. The van der Waals surface area contributed by atoms with Crippen molar-refractivity contribution in [3.8, 4) is 0 Å². The van der Waals surface area contributed by atoms with E-state index < -0.39 is 0 Å². The van der Waals surface area contributed by atoms with E-state index in [1.54, 1.807) is 0 Å². The zero-order chi connectivity index (χ0) is 11.3. The summed E-state index contributed by atoms with van der Waals surface area (Å²) in [5.74, 6) is 0. The summed E-state index contributed by atoms with van der Waals surface area (Å²) in [5, 5.41) is 0. The Morgan fingerprint density at radius 2 is 2.12 bits per heavy atom. The van der Waals surface area contributed by atoms with Gasteiger partial charge in [-0.1, -0.05) is 0 Å². The van der Waals surface area contributed by atoms with E-state index in [0.29, 0.717) is 5.41 Å². The third-order valence-corrected chi connectivity index (χ3v) is 4.03. The van der Waals surface area contributed by atoms with Gasteiger partial charge in [0.2, 0.25) is 0 Å². The second-order valence-electron chi connectivity index (χ2n) is 5.43. The fourth-order valence-corrected chi connectivity index (χ4v) is 3.06. The summed E-state index contributed by atoms with van der Waals surface area (Å²) in [6.07, 6.45) is 6.80. The molecule has 0 bridgehead atoms. The van der Waals surface area contributed by atoms with Crippen LogP contribution < -0.4 is 0 Å². The van der Waals surface area contributed by atoms with Crippen LogP contribution in [0.4, 0.5) is 4.39 Å². The Hall–Kier alpha value is -0.150. The third kappa shape index (κ3) is 3.17. The highest BCUT2D eigenvalue weighted by Crippen LogP contribution is 2.37. The summed E-state index contributed by atoms with van der Waals surface area (Å²) >= 11 is 0. The van der Waals surface area contributed by atoms with Gasteiger partial charge in [0.1, 0.15) is 0 Å². The summed E-state index contributed by atoms with van der Waals surface area (Å²) in [6, 6.07) is 0. The molecular weight excluding hydrogens is 205 g/mol. The van der Waals surface area contributed by atoms with Crippen LogP contribution in [0.2, 0.25) is 0 Å². The van der Waals surface area contributed by atoms with E-state index in [0.717, 1.165) is 39.0 Å². The zero-order valence-corrected chi connectivity index (χ0v) is 10.2. The van der Waals surface area contributed by atoms with Gasteiger partial charge in [-0.25, -0.2) is 0 Å². The average Bonchev–Trinajstić information content (AvgIpc) is 2.69. The molecule has 0 saturated carbocycles. The van der Waals surface area contributed by atoms with Crippen molar-refractivity contribution >= 4 is 0 Å². The van der Waals surface area contributed by atoms with Gasteiger partial charge in [-0.3, -0.25) is 4.39 Å². The topological polar surface area (TPSA) is 12.5 Å². The maximum absolute atomic E-state index is 11.9. The number of unbranched alkanes of at least 4 members (excludes halogenated alkanes) is 2. The van der Waals surface area contributed by atoms with E-state index in [2.05, 4.69) is 4.90 Å². The van der Waals surface area contributed by atoms with Gasteiger partial charge < -0.3 is 9.64 Å². The van der Waals surface area contributed by atoms with Crippen LogP contribution in [0.3, 0.4) is 0 Å². The number of halogens is 1. The van der Waals surface area contributed by atoms with Crippen LogP contribution >= 0.6 is 0 Å². The first kappa shape index (κ1) is 12.3. The van der Waals surface area contributed by atoms with Crippen LogP contribution in [0.5, 0.6) is 0 Å². The van der Waals surface area contributed by atoms with Crippen molar-refractivity contribution in [1.29, 1.82) is 0 Å². The van der Waals surface area contributed by atoms with E-state index in [9.17, 15) is 4.39 Å².